The van der Waals surface area contributed by atoms with Crippen LogP contribution in [0.15, 0.2) is 28.7 Å². The summed E-state index contributed by atoms with van der Waals surface area (Å²) < 4.78 is 18.5. The highest BCUT2D eigenvalue weighted by atomic mass is 19.1. The van der Waals surface area contributed by atoms with Crippen molar-refractivity contribution in [2.45, 2.75) is 26.2 Å². The highest BCUT2D eigenvalue weighted by molar-refractivity contribution is 5.78. The van der Waals surface area contributed by atoms with E-state index in [9.17, 15) is 4.39 Å². The van der Waals surface area contributed by atoms with Gasteiger partial charge < -0.3 is 4.42 Å². The van der Waals surface area contributed by atoms with Crippen LogP contribution in [0.1, 0.15) is 26.5 Å². The highest BCUT2D eigenvalue weighted by Gasteiger charge is 2.18. The van der Waals surface area contributed by atoms with Gasteiger partial charge in [-0.3, -0.25) is 0 Å². The summed E-state index contributed by atoms with van der Waals surface area (Å²) in [7, 11) is 0. The molecule has 2 aromatic rings. The van der Waals surface area contributed by atoms with Crippen molar-refractivity contribution in [1.82, 2.24) is 0 Å². The second-order valence-electron chi connectivity index (χ2n) is 4.54. The maximum atomic E-state index is 12.9. The van der Waals surface area contributed by atoms with Gasteiger partial charge in [0.2, 0.25) is 0 Å². The van der Waals surface area contributed by atoms with Crippen molar-refractivity contribution in [2.75, 3.05) is 0 Å². The van der Waals surface area contributed by atoms with E-state index in [1.165, 1.54) is 12.1 Å². The van der Waals surface area contributed by atoms with Crippen molar-refractivity contribution in [2.24, 2.45) is 0 Å². The third-order valence-electron chi connectivity index (χ3n) is 2.22. The Hall–Kier alpha value is -1.31. The SMILES string of the molecule is CC(C)(C)c1cc2ccc(F)cc2o1. The van der Waals surface area contributed by atoms with Gasteiger partial charge in [0.15, 0.2) is 0 Å². The van der Waals surface area contributed by atoms with Gasteiger partial charge in [0, 0.05) is 16.9 Å². The summed E-state index contributed by atoms with van der Waals surface area (Å²) in [4.78, 5) is 0. The molecule has 0 aliphatic rings. The van der Waals surface area contributed by atoms with Gasteiger partial charge in [-0.15, -0.1) is 0 Å². The molecular formula is C12H13FO. The molecule has 74 valence electrons. The first kappa shape index (κ1) is 9.25. The van der Waals surface area contributed by atoms with Crippen molar-refractivity contribution >= 4 is 11.0 Å². The number of furan rings is 1. The average molecular weight is 192 g/mol. The van der Waals surface area contributed by atoms with E-state index >= 15 is 0 Å². The van der Waals surface area contributed by atoms with Crippen molar-refractivity contribution < 1.29 is 8.81 Å². The predicted molar refractivity (Wildman–Crippen MR) is 54.9 cm³/mol. The van der Waals surface area contributed by atoms with Gasteiger partial charge in [-0.2, -0.15) is 0 Å². The van der Waals surface area contributed by atoms with Crippen molar-refractivity contribution in [3.8, 4) is 0 Å². The number of rotatable bonds is 0. The van der Waals surface area contributed by atoms with E-state index in [1.54, 1.807) is 6.07 Å². The quantitative estimate of drug-likeness (QED) is 0.617. The maximum absolute atomic E-state index is 12.9. The molecule has 0 spiro atoms. The Labute approximate surface area is 82.5 Å². The molecule has 14 heavy (non-hydrogen) atoms. The lowest BCUT2D eigenvalue weighted by Crippen LogP contribution is -2.08. The fourth-order valence-electron chi connectivity index (χ4n) is 1.37. The molecule has 1 aromatic heterocycles. The van der Waals surface area contributed by atoms with Crippen molar-refractivity contribution in [3.05, 3.63) is 35.8 Å². The molecule has 0 aliphatic carbocycles. The number of hydrogen-bond acceptors (Lipinski definition) is 1. The van der Waals surface area contributed by atoms with E-state index < -0.39 is 0 Å². The molecule has 1 heterocycles. The molecule has 2 rings (SSSR count). The Bertz CT molecular complexity index is 463. The zero-order valence-electron chi connectivity index (χ0n) is 8.60. The van der Waals surface area contributed by atoms with Gasteiger partial charge in [0.05, 0.1) is 0 Å². The fourth-order valence-corrected chi connectivity index (χ4v) is 1.37. The number of benzene rings is 1. The minimum atomic E-state index is -0.257. The van der Waals surface area contributed by atoms with Gasteiger partial charge >= 0.3 is 0 Å². The summed E-state index contributed by atoms with van der Waals surface area (Å²) in [5, 5.41) is 0.955. The molecule has 1 nitrogen and oxygen atoms in total. The first-order chi connectivity index (χ1) is 6.47. The number of hydrogen-bond donors (Lipinski definition) is 0. The molecule has 0 N–H and O–H groups in total. The Morgan fingerprint density at radius 1 is 1.14 bits per heavy atom. The third kappa shape index (κ3) is 1.52. The van der Waals surface area contributed by atoms with Crippen LogP contribution < -0.4 is 0 Å². The largest absolute Gasteiger partial charge is 0.460 e. The van der Waals surface area contributed by atoms with E-state index in [0.29, 0.717) is 5.58 Å². The van der Waals surface area contributed by atoms with E-state index in [1.807, 2.05) is 6.07 Å². The summed E-state index contributed by atoms with van der Waals surface area (Å²) >= 11 is 0. The van der Waals surface area contributed by atoms with E-state index in [2.05, 4.69) is 20.8 Å². The first-order valence-electron chi connectivity index (χ1n) is 4.66. The summed E-state index contributed by atoms with van der Waals surface area (Å²) in [6.07, 6.45) is 0. The summed E-state index contributed by atoms with van der Waals surface area (Å²) in [5.41, 5.74) is 0.588. The van der Waals surface area contributed by atoms with Crippen LogP contribution in [0.2, 0.25) is 0 Å². The molecule has 0 aliphatic heterocycles. The molecule has 0 atom stereocenters. The lowest BCUT2D eigenvalue weighted by Gasteiger charge is -2.13. The minimum absolute atomic E-state index is 0.0322. The van der Waals surface area contributed by atoms with Crippen LogP contribution in [0.4, 0.5) is 4.39 Å². The van der Waals surface area contributed by atoms with Crippen LogP contribution in [0.5, 0.6) is 0 Å². The van der Waals surface area contributed by atoms with Crippen LogP contribution in [0.25, 0.3) is 11.0 Å². The van der Waals surface area contributed by atoms with E-state index in [-0.39, 0.29) is 11.2 Å². The molecule has 0 radical (unpaired) electrons. The molecule has 0 unspecified atom stereocenters. The lowest BCUT2D eigenvalue weighted by molar-refractivity contribution is 0.429. The Morgan fingerprint density at radius 3 is 2.50 bits per heavy atom. The van der Waals surface area contributed by atoms with E-state index in [0.717, 1.165) is 11.1 Å². The van der Waals surface area contributed by atoms with Gasteiger partial charge in [-0.05, 0) is 18.2 Å². The fraction of sp³-hybridized carbons (Fsp3) is 0.333. The molecule has 0 amide bonds. The summed E-state index contributed by atoms with van der Waals surface area (Å²) in [6.45, 7) is 6.21. The zero-order valence-corrected chi connectivity index (χ0v) is 8.60. The molecule has 2 heteroatoms. The lowest BCUT2D eigenvalue weighted by atomic mass is 9.93. The molecule has 0 saturated heterocycles. The number of fused-ring (bicyclic) bond motifs is 1. The normalized spacial score (nSPS) is 12.3. The monoisotopic (exact) mass is 192 g/mol. The van der Waals surface area contributed by atoms with E-state index in [4.69, 9.17) is 4.42 Å². The maximum Gasteiger partial charge on any atom is 0.137 e. The predicted octanol–water partition coefficient (Wildman–Crippen LogP) is 3.87. The van der Waals surface area contributed by atoms with Gasteiger partial charge in [-0.1, -0.05) is 20.8 Å². The molecular weight excluding hydrogens is 179 g/mol. The zero-order chi connectivity index (χ0) is 10.3. The molecule has 1 aromatic carbocycles. The topological polar surface area (TPSA) is 13.1 Å². The second kappa shape index (κ2) is 2.84. The van der Waals surface area contributed by atoms with Crippen molar-refractivity contribution in [1.29, 1.82) is 0 Å². The van der Waals surface area contributed by atoms with Crippen LogP contribution in [0, 0.1) is 5.82 Å². The highest BCUT2D eigenvalue weighted by Crippen LogP contribution is 2.29. The summed E-state index contributed by atoms with van der Waals surface area (Å²) in [5.74, 6) is 0.630. The molecule has 0 saturated carbocycles. The first-order valence-corrected chi connectivity index (χ1v) is 4.66. The number of halogens is 1. The minimum Gasteiger partial charge on any atom is -0.460 e. The van der Waals surface area contributed by atoms with Crippen LogP contribution in [-0.4, -0.2) is 0 Å². The van der Waals surface area contributed by atoms with Gasteiger partial charge in [-0.25, -0.2) is 4.39 Å². The van der Waals surface area contributed by atoms with Crippen LogP contribution >= 0.6 is 0 Å². The summed E-state index contributed by atoms with van der Waals surface area (Å²) in [6, 6.07) is 6.58. The van der Waals surface area contributed by atoms with Crippen LogP contribution in [0.3, 0.4) is 0 Å². The van der Waals surface area contributed by atoms with Crippen LogP contribution in [-0.2, 0) is 5.41 Å². The van der Waals surface area contributed by atoms with Crippen molar-refractivity contribution in [3.63, 3.8) is 0 Å². The smallest absolute Gasteiger partial charge is 0.137 e. The average Bonchev–Trinajstić information content (AvgIpc) is 2.45. The van der Waals surface area contributed by atoms with Gasteiger partial charge in [0.25, 0.3) is 0 Å². The standard InChI is InChI=1S/C12H13FO/c1-12(2,3)11-6-8-4-5-9(13)7-10(8)14-11/h4-7H,1-3H3. The van der Waals surface area contributed by atoms with Gasteiger partial charge in [0.1, 0.15) is 17.2 Å². The Morgan fingerprint density at radius 2 is 1.86 bits per heavy atom. The third-order valence-corrected chi connectivity index (χ3v) is 2.22. The Kier molecular flexibility index (Phi) is 1.88. The molecule has 0 bridgehead atoms. The molecule has 0 fully saturated rings. The Balaban J connectivity index is 2.63. The second-order valence-corrected chi connectivity index (χ2v) is 4.54.